The number of rotatable bonds is 4. The van der Waals surface area contributed by atoms with E-state index in [2.05, 4.69) is 5.43 Å². The molecule has 0 fully saturated rings. The quantitative estimate of drug-likeness (QED) is 0.570. The smallest absolute Gasteiger partial charge is 0.0893 e. The van der Waals surface area contributed by atoms with Gasteiger partial charge in [0.2, 0.25) is 0 Å². The molecule has 5 N–H and O–H groups in total. The van der Waals surface area contributed by atoms with Gasteiger partial charge in [0.05, 0.1) is 23.0 Å². The van der Waals surface area contributed by atoms with Crippen LogP contribution in [0.15, 0.2) is 23.9 Å². The Hall–Kier alpha value is -0.940. The number of halogens is 2. The maximum absolute atomic E-state index is 6.02. The lowest BCUT2D eigenvalue weighted by Crippen LogP contribution is -2.27. The molecule has 0 amide bonds. The van der Waals surface area contributed by atoms with Gasteiger partial charge in [0, 0.05) is 17.7 Å². The first-order valence-electron chi connectivity index (χ1n) is 4.49. The fraction of sp³-hybridized carbons (Fsp3) is 0.200. The molecular weight excluding hydrogens is 249 g/mol. The van der Waals surface area contributed by atoms with Gasteiger partial charge in [-0.3, -0.25) is 5.84 Å². The first-order chi connectivity index (χ1) is 7.60. The van der Waals surface area contributed by atoms with E-state index in [4.69, 9.17) is 39.5 Å². The molecule has 1 rings (SSSR count). The second kappa shape index (κ2) is 5.96. The summed E-state index contributed by atoms with van der Waals surface area (Å²) < 4.78 is 4.95. The maximum Gasteiger partial charge on any atom is 0.0893 e. The molecule has 0 saturated carbocycles. The molecule has 0 aliphatic rings. The standard InChI is InChI=1S/C10H13Cl2N3O/c1-16-5-9(15-14)10(13)7-3-2-6(11)4-8(7)12/h2-4,15H,5,13-14H2,1H3/b10-9-. The van der Waals surface area contributed by atoms with Crippen LogP contribution in [0.3, 0.4) is 0 Å². The van der Waals surface area contributed by atoms with Gasteiger partial charge in [-0.15, -0.1) is 0 Å². The van der Waals surface area contributed by atoms with Gasteiger partial charge in [-0.25, -0.2) is 0 Å². The molecule has 1 aromatic carbocycles. The van der Waals surface area contributed by atoms with Crippen molar-refractivity contribution in [2.75, 3.05) is 13.7 Å². The van der Waals surface area contributed by atoms with Gasteiger partial charge in [-0.1, -0.05) is 23.2 Å². The summed E-state index contributed by atoms with van der Waals surface area (Å²) in [4.78, 5) is 0. The van der Waals surface area contributed by atoms with E-state index in [9.17, 15) is 0 Å². The van der Waals surface area contributed by atoms with Crippen LogP contribution in [0.4, 0.5) is 0 Å². The lowest BCUT2D eigenvalue weighted by molar-refractivity contribution is 0.220. The summed E-state index contributed by atoms with van der Waals surface area (Å²) >= 11 is 11.8. The summed E-state index contributed by atoms with van der Waals surface area (Å²) in [5.41, 5.74) is 10.1. The monoisotopic (exact) mass is 261 g/mol. The van der Waals surface area contributed by atoms with Crippen molar-refractivity contribution in [3.05, 3.63) is 39.5 Å². The molecule has 0 spiro atoms. The van der Waals surface area contributed by atoms with Gasteiger partial charge in [-0.05, 0) is 18.2 Å². The van der Waals surface area contributed by atoms with Crippen molar-refractivity contribution in [3.63, 3.8) is 0 Å². The minimum atomic E-state index is 0.279. The SMILES string of the molecule is COC/C(NN)=C(/N)c1ccc(Cl)cc1Cl. The van der Waals surface area contributed by atoms with Crippen molar-refractivity contribution in [2.45, 2.75) is 0 Å². The highest BCUT2D eigenvalue weighted by Gasteiger charge is 2.09. The van der Waals surface area contributed by atoms with Gasteiger partial charge in [0.25, 0.3) is 0 Å². The Balaban J connectivity index is 3.15. The van der Waals surface area contributed by atoms with Crippen LogP contribution in [-0.4, -0.2) is 13.7 Å². The van der Waals surface area contributed by atoms with Gasteiger partial charge in [0.1, 0.15) is 0 Å². The minimum Gasteiger partial charge on any atom is -0.397 e. The largest absolute Gasteiger partial charge is 0.397 e. The number of hydrogen-bond acceptors (Lipinski definition) is 4. The van der Waals surface area contributed by atoms with E-state index in [1.165, 1.54) is 0 Å². The van der Waals surface area contributed by atoms with E-state index in [0.717, 1.165) is 0 Å². The Morgan fingerprint density at radius 2 is 2.12 bits per heavy atom. The van der Waals surface area contributed by atoms with Crippen LogP contribution in [0, 0.1) is 0 Å². The van der Waals surface area contributed by atoms with E-state index in [1.54, 1.807) is 25.3 Å². The zero-order valence-corrected chi connectivity index (χ0v) is 10.3. The molecule has 6 heteroatoms. The molecule has 0 saturated heterocycles. The van der Waals surface area contributed by atoms with E-state index < -0.39 is 0 Å². The Morgan fingerprint density at radius 1 is 1.44 bits per heavy atom. The summed E-state index contributed by atoms with van der Waals surface area (Å²) in [6, 6.07) is 5.05. The number of ether oxygens (including phenoxy) is 1. The topological polar surface area (TPSA) is 73.3 Å². The highest BCUT2D eigenvalue weighted by atomic mass is 35.5. The molecule has 0 heterocycles. The highest BCUT2D eigenvalue weighted by Crippen LogP contribution is 2.25. The molecular formula is C10H13Cl2N3O. The molecule has 0 unspecified atom stereocenters. The third kappa shape index (κ3) is 3.02. The van der Waals surface area contributed by atoms with Crippen molar-refractivity contribution in [1.82, 2.24) is 5.43 Å². The van der Waals surface area contributed by atoms with Gasteiger partial charge in [0.15, 0.2) is 0 Å². The average molecular weight is 262 g/mol. The predicted octanol–water partition coefficient (Wildman–Crippen LogP) is 1.73. The summed E-state index contributed by atoms with van der Waals surface area (Å²) in [6.45, 7) is 0.279. The van der Waals surface area contributed by atoms with Gasteiger partial charge >= 0.3 is 0 Å². The molecule has 1 aromatic rings. The maximum atomic E-state index is 6.02. The summed E-state index contributed by atoms with van der Waals surface area (Å²) in [7, 11) is 1.55. The zero-order valence-electron chi connectivity index (χ0n) is 8.76. The molecule has 0 atom stereocenters. The van der Waals surface area contributed by atoms with Crippen molar-refractivity contribution in [3.8, 4) is 0 Å². The number of methoxy groups -OCH3 is 1. The molecule has 0 aliphatic carbocycles. The van der Waals surface area contributed by atoms with E-state index >= 15 is 0 Å². The summed E-state index contributed by atoms with van der Waals surface area (Å²) in [5.74, 6) is 5.34. The van der Waals surface area contributed by atoms with Crippen molar-refractivity contribution in [2.24, 2.45) is 11.6 Å². The lowest BCUT2D eigenvalue weighted by Gasteiger charge is -2.12. The normalized spacial score (nSPS) is 12.2. The van der Waals surface area contributed by atoms with Crippen molar-refractivity contribution >= 4 is 28.9 Å². The van der Waals surface area contributed by atoms with Crippen molar-refractivity contribution < 1.29 is 4.74 Å². The lowest BCUT2D eigenvalue weighted by atomic mass is 10.1. The van der Waals surface area contributed by atoms with Crippen LogP contribution in [-0.2, 0) is 4.74 Å². The average Bonchev–Trinajstić information content (AvgIpc) is 2.25. The highest BCUT2D eigenvalue weighted by molar-refractivity contribution is 6.35. The summed E-state index contributed by atoms with van der Waals surface area (Å²) in [5, 5.41) is 1.02. The number of benzene rings is 1. The first-order valence-corrected chi connectivity index (χ1v) is 5.25. The Morgan fingerprint density at radius 3 is 2.62 bits per heavy atom. The third-order valence-corrected chi connectivity index (χ3v) is 2.56. The van der Waals surface area contributed by atoms with Crippen LogP contribution >= 0.6 is 23.2 Å². The number of nitrogens with two attached hydrogens (primary N) is 2. The fourth-order valence-corrected chi connectivity index (χ4v) is 1.72. The third-order valence-electron chi connectivity index (χ3n) is 2.01. The van der Waals surface area contributed by atoms with E-state index in [0.29, 0.717) is 27.0 Å². The Bertz CT molecular complexity index is 407. The molecule has 16 heavy (non-hydrogen) atoms. The molecule has 4 nitrogen and oxygen atoms in total. The minimum absolute atomic E-state index is 0.279. The second-order valence-electron chi connectivity index (χ2n) is 3.09. The first kappa shape index (κ1) is 13.1. The molecule has 0 bridgehead atoms. The Kier molecular flexibility index (Phi) is 4.89. The van der Waals surface area contributed by atoms with Crippen LogP contribution in [0.5, 0.6) is 0 Å². The number of hydrogen-bond donors (Lipinski definition) is 3. The fourth-order valence-electron chi connectivity index (χ4n) is 1.21. The molecule has 0 aromatic heterocycles. The zero-order chi connectivity index (χ0) is 12.1. The molecule has 0 aliphatic heterocycles. The molecule has 88 valence electrons. The van der Waals surface area contributed by atoms with Crippen LogP contribution in [0.2, 0.25) is 10.0 Å². The van der Waals surface area contributed by atoms with Gasteiger partial charge in [-0.2, -0.15) is 0 Å². The summed E-state index contributed by atoms with van der Waals surface area (Å²) in [6.07, 6.45) is 0. The van der Waals surface area contributed by atoms with Crippen molar-refractivity contribution in [1.29, 1.82) is 0 Å². The van der Waals surface area contributed by atoms with Crippen LogP contribution in [0.25, 0.3) is 5.70 Å². The van der Waals surface area contributed by atoms with Crippen LogP contribution < -0.4 is 17.0 Å². The Labute approximate surface area is 104 Å². The number of hydrazine groups is 1. The van der Waals surface area contributed by atoms with Crippen LogP contribution in [0.1, 0.15) is 5.56 Å². The molecule has 0 radical (unpaired) electrons. The second-order valence-corrected chi connectivity index (χ2v) is 3.94. The van der Waals surface area contributed by atoms with Gasteiger partial charge < -0.3 is 15.9 Å². The van der Waals surface area contributed by atoms with E-state index in [1.807, 2.05) is 0 Å². The van der Waals surface area contributed by atoms with E-state index in [-0.39, 0.29) is 6.61 Å². The predicted molar refractivity (Wildman–Crippen MR) is 66.8 cm³/mol. The number of nitrogens with one attached hydrogen (secondary N) is 1.